The molecule has 11 heavy (non-hydrogen) atoms. The van der Waals surface area contributed by atoms with Crippen LogP contribution in [-0.4, -0.2) is 24.8 Å². The second kappa shape index (κ2) is 3.53. The molecule has 0 spiro atoms. The number of hydrogen-bond acceptors (Lipinski definition) is 3. The molecule has 2 unspecified atom stereocenters. The summed E-state index contributed by atoms with van der Waals surface area (Å²) in [4.78, 5) is 10.7. The average Bonchev–Trinajstić information content (AvgIpc) is 2.63. The highest BCUT2D eigenvalue weighted by atomic mass is 16.6. The van der Waals surface area contributed by atoms with E-state index in [4.69, 9.17) is 4.74 Å². The molecule has 0 amide bonds. The molecule has 1 heterocycles. The molecule has 0 N–H and O–H groups in total. The van der Waals surface area contributed by atoms with E-state index in [1.54, 1.807) is 13.0 Å². The topological polar surface area (TPSA) is 38.8 Å². The fraction of sp³-hybridized carbons (Fsp3) is 0.625. The van der Waals surface area contributed by atoms with Crippen LogP contribution in [0, 0.1) is 0 Å². The lowest BCUT2D eigenvalue weighted by Crippen LogP contribution is -1.99. The maximum Gasteiger partial charge on any atom is 0.330 e. The zero-order valence-electron chi connectivity index (χ0n) is 6.74. The molecular weight excluding hydrogens is 144 g/mol. The van der Waals surface area contributed by atoms with Gasteiger partial charge in [0.15, 0.2) is 0 Å². The van der Waals surface area contributed by atoms with Crippen LogP contribution >= 0.6 is 0 Å². The van der Waals surface area contributed by atoms with Crippen LogP contribution in [0.1, 0.15) is 13.8 Å². The number of esters is 1. The maximum atomic E-state index is 10.7. The number of carbonyl (C=O) groups excluding carboxylic acids is 1. The molecule has 2 atom stereocenters. The van der Waals surface area contributed by atoms with E-state index >= 15 is 0 Å². The highest BCUT2D eigenvalue weighted by Crippen LogP contribution is 2.21. The highest BCUT2D eigenvalue weighted by Gasteiger charge is 2.31. The van der Waals surface area contributed by atoms with Gasteiger partial charge in [0.1, 0.15) is 6.10 Å². The Balaban J connectivity index is 2.18. The lowest BCUT2D eigenvalue weighted by atomic mass is 10.3. The van der Waals surface area contributed by atoms with Crippen molar-refractivity contribution in [2.75, 3.05) is 6.61 Å². The fourth-order valence-corrected chi connectivity index (χ4v) is 0.768. The average molecular weight is 156 g/mol. The quantitative estimate of drug-likeness (QED) is 0.346. The first-order valence-electron chi connectivity index (χ1n) is 3.74. The molecule has 3 nitrogen and oxygen atoms in total. The van der Waals surface area contributed by atoms with Crippen molar-refractivity contribution in [3.8, 4) is 0 Å². The lowest BCUT2D eigenvalue weighted by Gasteiger charge is -1.92. The second-order valence-corrected chi connectivity index (χ2v) is 2.42. The first-order valence-corrected chi connectivity index (χ1v) is 3.74. The molecule has 0 aromatic carbocycles. The molecule has 1 fully saturated rings. The Bertz CT molecular complexity index is 174. The summed E-state index contributed by atoms with van der Waals surface area (Å²) in [5, 5.41) is 0. The van der Waals surface area contributed by atoms with Crippen molar-refractivity contribution < 1.29 is 14.3 Å². The minimum absolute atomic E-state index is 0.124. The molecular formula is C8H12O3. The van der Waals surface area contributed by atoms with Gasteiger partial charge in [0.2, 0.25) is 0 Å². The van der Waals surface area contributed by atoms with E-state index in [-0.39, 0.29) is 18.2 Å². The molecule has 1 aliphatic heterocycles. The van der Waals surface area contributed by atoms with Gasteiger partial charge >= 0.3 is 5.97 Å². The van der Waals surface area contributed by atoms with E-state index in [0.717, 1.165) is 0 Å². The van der Waals surface area contributed by atoms with Crippen LogP contribution in [0.4, 0.5) is 0 Å². The third-order valence-corrected chi connectivity index (χ3v) is 1.47. The molecule has 0 radical (unpaired) electrons. The Hall–Kier alpha value is -0.830. The minimum Gasteiger partial charge on any atom is -0.463 e. The monoisotopic (exact) mass is 156 g/mol. The first kappa shape index (κ1) is 8.27. The number of epoxide rings is 1. The van der Waals surface area contributed by atoms with Gasteiger partial charge in [0.25, 0.3) is 0 Å². The van der Waals surface area contributed by atoms with E-state index in [2.05, 4.69) is 4.74 Å². The fourth-order valence-electron chi connectivity index (χ4n) is 0.768. The summed E-state index contributed by atoms with van der Waals surface area (Å²) in [5.41, 5.74) is 0. The van der Waals surface area contributed by atoms with Gasteiger partial charge in [-0.05, 0) is 19.9 Å². The lowest BCUT2D eigenvalue weighted by molar-refractivity contribution is -0.137. The van der Waals surface area contributed by atoms with Gasteiger partial charge in [-0.15, -0.1) is 0 Å². The summed E-state index contributed by atoms with van der Waals surface area (Å²) in [7, 11) is 0. The zero-order valence-corrected chi connectivity index (χ0v) is 6.74. The van der Waals surface area contributed by atoms with Gasteiger partial charge < -0.3 is 9.47 Å². The molecule has 0 aromatic heterocycles. The molecule has 62 valence electrons. The summed E-state index contributed by atoms with van der Waals surface area (Å²) in [5.74, 6) is -0.296. The van der Waals surface area contributed by atoms with Gasteiger partial charge in [-0.1, -0.05) is 0 Å². The van der Waals surface area contributed by atoms with Crippen molar-refractivity contribution in [1.82, 2.24) is 0 Å². The smallest absolute Gasteiger partial charge is 0.330 e. The van der Waals surface area contributed by atoms with Crippen LogP contribution in [0.15, 0.2) is 12.2 Å². The standard InChI is InChI=1S/C8H12O3/c1-3-10-8(9)5-4-7-6(2)11-7/h4-7H,3H2,1-2H3. The molecule has 0 bridgehead atoms. The van der Waals surface area contributed by atoms with Gasteiger partial charge in [-0.3, -0.25) is 0 Å². The Morgan fingerprint density at radius 2 is 2.36 bits per heavy atom. The largest absolute Gasteiger partial charge is 0.463 e. The molecule has 1 rings (SSSR count). The predicted molar refractivity (Wildman–Crippen MR) is 40.1 cm³/mol. The first-order chi connectivity index (χ1) is 5.24. The van der Waals surface area contributed by atoms with Gasteiger partial charge in [0.05, 0.1) is 12.7 Å². The Labute approximate surface area is 66.0 Å². The number of ether oxygens (including phenoxy) is 2. The maximum absolute atomic E-state index is 10.7. The highest BCUT2D eigenvalue weighted by molar-refractivity contribution is 5.82. The predicted octanol–water partition coefficient (Wildman–Crippen LogP) is 0.893. The van der Waals surface area contributed by atoms with E-state index in [1.807, 2.05) is 6.92 Å². The second-order valence-electron chi connectivity index (χ2n) is 2.42. The molecule has 0 aliphatic carbocycles. The summed E-state index contributed by atoms with van der Waals surface area (Å²) in [6.07, 6.45) is 3.53. The molecule has 1 saturated heterocycles. The van der Waals surface area contributed by atoms with Crippen LogP contribution in [0.3, 0.4) is 0 Å². The number of carbonyl (C=O) groups is 1. The summed E-state index contributed by atoms with van der Waals surface area (Å²) in [6, 6.07) is 0. The van der Waals surface area contributed by atoms with E-state index in [0.29, 0.717) is 6.61 Å². The summed E-state index contributed by atoms with van der Waals surface area (Å²) < 4.78 is 9.72. The van der Waals surface area contributed by atoms with Crippen molar-refractivity contribution in [1.29, 1.82) is 0 Å². The Morgan fingerprint density at radius 1 is 1.73 bits per heavy atom. The van der Waals surface area contributed by atoms with E-state index < -0.39 is 0 Å². The molecule has 1 aliphatic rings. The van der Waals surface area contributed by atoms with Crippen molar-refractivity contribution in [3.05, 3.63) is 12.2 Å². The van der Waals surface area contributed by atoms with Crippen LogP contribution in [0.2, 0.25) is 0 Å². The molecule has 0 saturated carbocycles. The van der Waals surface area contributed by atoms with Crippen LogP contribution < -0.4 is 0 Å². The van der Waals surface area contributed by atoms with Gasteiger partial charge in [-0.2, -0.15) is 0 Å². The van der Waals surface area contributed by atoms with E-state index in [1.165, 1.54) is 6.08 Å². The normalized spacial score (nSPS) is 28.9. The summed E-state index contributed by atoms with van der Waals surface area (Å²) >= 11 is 0. The third-order valence-electron chi connectivity index (χ3n) is 1.47. The van der Waals surface area contributed by atoms with Crippen LogP contribution in [-0.2, 0) is 14.3 Å². The van der Waals surface area contributed by atoms with Crippen LogP contribution in [0.25, 0.3) is 0 Å². The minimum atomic E-state index is -0.296. The van der Waals surface area contributed by atoms with Gasteiger partial charge in [0, 0.05) is 6.08 Å². The third kappa shape index (κ3) is 2.72. The Morgan fingerprint density at radius 3 is 2.82 bits per heavy atom. The Kier molecular flexibility index (Phi) is 2.65. The zero-order chi connectivity index (χ0) is 8.27. The van der Waals surface area contributed by atoms with Crippen molar-refractivity contribution >= 4 is 5.97 Å². The van der Waals surface area contributed by atoms with Crippen molar-refractivity contribution in [3.63, 3.8) is 0 Å². The molecule has 3 heteroatoms. The van der Waals surface area contributed by atoms with Crippen molar-refractivity contribution in [2.45, 2.75) is 26.1 Å². The van der Waals surface area contributed by atoms with Crippen molar-refractivity contribution in [2.24, 2.45) is 0 Å². The van der Waals surface area contributed by atoms with Gasteiger partial charge in [-0.25, -0.2) is 4.79 Å². The van der Waals surface area contributed by atoms with Crippen LogP contribution in [0.5, 0.6) is 0 Å². The van der Waals surface area contributed by atoms with E-state index in [9.17, 15) is 4.79 Å². The SMILES string of the molecule is CCOC(=O)C=CC1OC1C. The number of hydrogen-bond donors (Lipinski definition) is 0. The molecule has 0 aromatic rings. The number of rotatable bonds is 3. The summed E-state index contributed by atoms with van der Waals surface area (Å²) in [6.45, 7) is 4.16.